The molecule has 1 aromatic heterocycles. The van der Waals surface area contributed by atoms with E-state index in [1.54, 1.807) is 13.1 Å². The van der Waals surface area contributed by atoms with Crippen molar-refractivity contribution in [3.63, 3.8) is 0 Å². The smallest absolute Gasteiger partial charge is 0.373 e. The molecule has 0 aliphatic carbocycles. The number of alkyl halides is 3. The normalized spacial score (nSPS) is 11.8. The maximum atomic E-state index is 12.9. The van der Waals surface area contributed by atoms with Gasteiger partial charge in [-0.05, 0) is 12.8 Å². The highest BCUT2D eigenvalue weighted by Crippen LogP contribution is 2.29. The average Bonchev–Trinajstić information content (AvgIpc) is 2.47. The Kier molecular flexibility index (Phi) is 6.23. The molecule has 4 nitrogen and oxygen atoms in total. The topological polar surface area (TPSA) is 41.0 Å². The Morgan fingerprint density at radius 1 is 1.19 bits per heavy atom. The molecule has 7 heteroatoms. The first kappa shape index (κ1) is 17.5. The number of nitrogens with zero attached hydrogens (tertiary/aromatic N) is 3. The maximum absolute atomic E-state index is 12.9. The van der Waals surface area contributed by atoms with E-state index < -0.39 is 12.0 Å². The van der Waals surface area contributed by atoms with Crippen LogP contribution in [0.4, 0.5) is 24.8 Å². The van der Waals surface area contributed by atoms with Crippen LogP contribution in [0.5, 0.6) is 0 Å². The van der Waals surface area contributed by atoms with Gasteiger partial charge in [-0.15, -0.1) is 0 Å². The summed E-state index contributed by atoms with van der Waals surface area (Å²) in [6, 6.07) is 1.56. The fraction of sp³-hybridized carbons (Fsp3) is 0.714. The van der Waals surface area contributed by atoms with Gasteiger partial charge in [0.15, 0.2) is 0 Å². The number of hydrogen-bond acceptors (Lipinski definition) is 4. The summed E-state index contributed by atoms with van der Waals surface area (Å²) in [5, 5.41) is 2.66. The number of aromatic nitrogens is 2. The molecule has 0 aliphatic rings. The first-order valence-corrected chi connectivity index (χ1v) is 7.24. The van der Waals surface area contributed by atoms with Crippen LogP contribution in [0.15, 0.2) is 6.07 Å². The van der Waals surface area contributed by atoms with Crippen LogP contribution in [0.3, 0.4) is 0 Å². The fourth-order valence-electron chi connectivity index (χ4n) is 2.09. The van der Waals surface area contributed by atoms with Crippen molar-refractivity contribution in [3.8, 4) is 0 Å². The minimum atomic E-state index is -4.55. The van der Waals surface area contributed by atoms with Crippen LogP contribution >= 0.6 is 0 Å². The van der Waals surface area contributed by atoms with Gasteiger partial charge in [0.2, 0.25) is 5.82 Å². The minimum absolute atomic E-state index is 0.176. The van der Waals surface area contributed by atoms with Crippen molar-refractivity contribution in [2.24, 2.45) is 5.92 Å². The van der Waals surface area contributed by atoms with Crippen LogP contribution in [-0.2, 0) is 6.18 Å². The summed E-state index contributed by atoms with van der Waals surface area (Å²) in [5.74, 6) is -0.175. The van der Waals surface area contributed by atoms with Crippen molar-refractivity contribution in [1.29, 1.82) is 0 Å². The monoisotopic (exact) mass is 304 g/mol. The van der Waals surface area contributed by atoms with Gasteiger partial charge < -0.3 is 10.2 Å². The molecule has 0 saturated heterocycles. The van der Waals surface area contributed by atoms with Gasteiger partial charge in [0, 0.05) is 26.2 Å². The quantitative estimate of drug-likeness (QED) is 0.832. The highest BCUT2D eigenvalue weighted by atomic mass is 19.4. The van der Waals surface area contributed by atoms with E-state index in [0.29, 0.717) is 24.8 Å². The van der Waals surface area contributed by atoms with Crippen molar-refractivity contribution < 1.29 is 13.2 Å². The van der Waals surface area contributed by atoms with E-state index in [1.165, 1.54) is 0 Å². The van der Waals surface area contributed by atoms with Crippen LogP contribution in [0.1, 0.15) is 39.4 Å². The molecule has 1 aromatic rings. The third kappa shape index (κ3) is 4.75. The van der Waals surface area contributed by atoms with Crippen molar-refractivity contribution in [1.82, 2.24) is 9.97 Å². The predicted octanol–water partition coefficient (Wildman–Crippen LogP) is 3.80. The highest BCUT2D eigenvalue weighted by Gasteiger charge is 2.35. The van der Waals surface area contributed by atoms with Gasteiger partial charge in [0.1, 0.15) is 11.6 Å². The lowest BCUT2D eigenvalue weighted by Gasteiger charge is -2.27. The molecule has 0 fully saturated rings. The number of halogens is 3. The van der Waals surface area contributed by atoms with Gasteiger partial charge in [-0.1, -0.05) is 26.7 Å². The predicted molar refractivity (Wildman–Crippen MR) is 78.5 cm³/mol. The minimum Gasteiger partial charge on any atom is -0.373 e. The summed E-state index contributed by atoms with van der Waals surface area (Å²) in [6.07, 6.45) is -2.57. The van der Waals surface area contributed by atoms with Gasteiger partial charge in [-0.3, -0.25) is 0 Å². The first-order valence-electron chi connectivity index (χ1n) is 7.24. The molecule has 21 heavy (non-hydrogen) atoms. The third-order valence-corrected chi connectivity index (χ3v) is 3.56. The summed E-state index contributed by atoms with van der Waals surface area (Å²) in [4.78, 5) is 9.05. The molecule has 120 valence electrons. The molecular weight excluding hydrogens is 281 g/mol. The van der Waals surface area contributed by atoms with E-state index >= 15 is 0 Å². The maximum Gasteiger partial charge on any atom is 0.451 e. The lowest BCUT2D eigenvalue weighted by atomic mass is 10.0. The molecule has 0 aliphatic heterocycles. The van der Waals surface area contributed by atoms with Crippen LogP contribution in [0, 0.1) is 5.92 Å². The number of nitrogens with one attached hydrogen (secondary N) is 1. The number of hydrogen-bond donors (Lipinski definition) is 1. The lowest BCUT2D eigenvalue weighted by molar-refractivity contribution is -0.144. The second kappa shape index (κ2) is 7.47. The first-order chi connectivity index (χ1) is 9.85. The average molecular weight is 304 g/mol. The van der Waals surface area contributed by atoms with E-state index in [9.17, 15) is 13.2 Å². The van der Waals surface area contributed by atoms with Crippen molar-refractivity contribution in [2.75, 3.05) is 30.4 Å². The Bertz CT molecular complexity index is 444. The summed E-state index contributed by atoms with van der Waals surface area (Å²) >= 11 is 0. The zero-order valence-corrected chi connectivity index (χ0v) is 13.0. The Labute approximate surface area is 123 Å². The molecule has 1 heterocycles. The Morgan fingerprint density at radius 2 is 1.81 bits per heavy atom. The molecular formula is C14H23F3N4. The van der Waals surface area contributed by atoms with E-state index in [2.05, 4.69) is 29.1 Å². The second-order valence-corrected chi connectivity index (χ2v) is 4.90. The zero-order chi connectivity index (χ0) is 16.0. The molecule has 0 unspecified atom stereocenters. The highest BCUT2D eigenvalue weighted by molar-refractivity contribution is 5.49. The summed E-state index contributed by atoms with van der Waals surface area (Å²) in [6.45, 7) is 7.38. The standard InChI is InChI=1S/C14H23F3N4/c1-5-10(6-2)9-21(7-3)12-8-11(18-4)19-13(20-12)14(15,16)17/h8,10H,5-7,9H2,1-4H3,(H,18,19,20). The van der Waals surface area contributed by atoms with Crippen LogP contribution < -0.4 is 10.2 Å². The molecule has 0 saturated carbocycles. The molecule has 0 aromatic carbocycles. The summed E-state index contributed by atoms with van der Waals surface area (Å²) in [7, 11) is 1.55. The van der Waals surface area contributed by atoms with Gasteiger partial charge in [0.25, 0.3) is 0 Å². The van der Waals surface area contributed by atoms with Crippen molar-refractivity contribution in [2.45, 2.75) is 39.8 Å². The summed E-state index contributed by atoms with van der Waals surface area (Å²) < 4.78 is 38.6. The third-order valence-electron chi connectivity index (χ3n) is 3.56. The summed E-state index contributed by atoms with van der Waals surface area (Å²) in [5.41, 5.74) is 0. The van der Waals surface area contributed by atoms with Crippen LogP contribution in [-0.4, -0.2) is 30.1 Å². The SMILES string of the molecule is CCC(CC)CN(CC)c1cc(NC)nc(C(F)(F)F)n1. The fourth-order valence-corrected chi connectivity index (χ4v) is 2.09. The Morgan fingerprint density at radius 3 is 2.24 bits per heavy atom. The molecule has 1 N–H and O–H groups in total. The zero-order valence-electron chi connectivity index (χ0n) is 13.0. The lowest BCUT2D eigenvalue weighted by Crippen LogP contribution is -2.30. The molecule has 0 spiro atoms. The largest absolute Gasteiger partial charge is 0.451 e. The number of anilines is 2. The van der Waals surface area contributed by atoms with Gasteiger partial charge in [-0.2, -0.15) is 13.2 Å². The van der Waals surface area contributed by atoms with Crippen molar-refractivity contribution in [3.05, 3.63) is 11.9 Å². The van der Waals surface area contributed by atoms with Crippen LogP contribution in [0.2, 0.25) is 0 Å². The van der Waals surface area contributed by atoms with E-state index in [1.807, 2.05) is 11.8 Å². The molecule has 0 atom stereocenters. The molecule has 0 radical (unpaired) electrons. The van der Waals surface area contributed by atoms with Crippen molar-refractivity contribution >= 4 is 11.6 Å². The second-order valence-electron chi connectivity index (χ2n) is 4.90. The van der Waals surface area contributed by atoms with Gasteiger partial charge >= 0.3 is 6.18 Å². The van der Waals surface area contributed by atoms with Gasteiger partial charge in [-0.25, -0.2) is 9.97 Å². The Hall–Kier alpha value is -1.53. The van der Waals surface area contributed by atoms with Crippen LogP contribution in [0.25, 0.3) is 0 Å². The van der Waals surface area contributed by atoms with E-state index in [0.717, 1.165) is 12.8 Å². The number of rotatable bonds is 7. The van der Waals surface area contributed by atoms with E-state index in [4.69, 9.17) is 0 Å². The Balaban J connectivity index is 3.13. The molecule has 0 bridgehead atoms. The molecule has 0 amide bonds. The molecule has 1 rings (SSSR count). The van der Waals surface area contributed by atoms with E-state index in [-0.39, 0.29) is 5.82 Å². The van der Waals surface area contributed by atoms with Gasteiger partial charge in [0.05, 0.1) is 0 Å².